The number of hydrogen-bond acceptors (Lipinski definition) is 3. The van der Waals surface area contributed by atoms with E-state index >= 15 is 0 Å². The molecule has 0 aliphatic rings. The molecule has 0 radical (unpaired) electrons. The lowest BCUT2D eigenvalue weighted by Crippen LogP contribution is -2.02. The molecule has 1 N–H and O–H groups in total. The van der Waals surface area contributed by atoms with Crippen LogP contribution in [0.4, 0.5) is 10.1 Å². The van der Waals surface area contributed by atoms with Crippen molar-refractivity contribution in [2.75, 3.05) is 19.5 Å². The van der Waals surface area contributed by atoms with Gasteiger partial charge in [-0.25, -0.2) is 4.39 Å². The smallest absolute Gasteiger partial charge is 0.142 e. The standard InChI is InChI=1S/C15H15BrFNO2/c1-19-11-4-6-15(20-2)14(8-11)18-9-10-3-5-13(17)12(16)7-10/h3-8,18H,9H2,1-2H3. The third-order valence-electron chi connectivity index (χ3n) is 2.87. The third-order valence-corrected chi connectivity index (χ3v) is 3.48. The summed E-state index contributed by atoms with van der Waals surface area (Å²) in [6, 6.07) is 10.4. The number of ether oxygens (including phenoxy) is 2. The van der Waals surface area contributed by atoms with Gasteiger partial charge in [0.2, 0.25) is 0 Å². The largest absolute Gasteiger partial charge is 0.497 e. The van der Waals surface area contributed by atoms with Crippen LogP contribution in [0.2, 0.25) is 0 Å². The number of rotatable bonds is 5. The Balaban J connectivity index is 2.15. The highest BCUT2D eigenvalue weighted by molar-refractivity contribution is 9.10. The SMILES string of the molecule is COc1ccc(OC)c(NCc2ccc(F)c(Br)c2)c1. The molecule has 0 unspecified atom stereocenters. The number of hydrogen-bond donors (Lipinski definition) is 1. The monoisotopic (exact) mass is 339 g/mol. The molecule has 0 aromatic heterocycles. The van der Waals surface area contributed by atoms with Crippen LogP contribution in [0, 0.1) is 5.82 Å². The Hall–Kier alpha value is -1.75. The number of methoxy groups -OCH3 is 2. The highest BCUT2D eigenvalue weighted by atomic mass is 79.9. The molecule has 0 aliphatic carbocycles. The molecule has 0 aliphatic heterocycles. The molecule has 2 aromatic rings. The summed E-state index contributed by atoms with van der Waals surface area (Å²) < 4.78 is 24.1. The molecule has 0 saturated carbocycles. The third kappa shape index (κ3) is 3.42. The van der Waals surface area contributed by atoms with Crippen molar-refractivity contribution in [1.29, 1.82) is 0 Å². The molecule has 2 aromatic carbocycles. The van der Waals surface area contributed by atoms with Gasteiger partial charge in [-0.2, -0.15) is 0 Å². The van der Waals surface area contributed by atoms with E-state index in [9.17, 15) is 4.39 Å². The molecule has 0 spiro atoms. The van der Waals surface area contributed by atoms with E-state index in [0.29, 0.717) is 11.0 Å². The first-order chi connectivity index (χ1) is 9.63. The number of halogens is 2. The lowest BCUT2D eigenvalue weighted by molar-refractivity contribution is 0.404. The van der Waals surface area contributed by atoms with E-state index in [4.69, 9.17) is 9.47 Å². The lowest BCUT2D eigenvalue weighted by Gasteiger charge is -2.13. The van der Waals surface area contributed by atoms with E-state index in [1.807, 2.05) is 18.2 Å². The van der Waals surface area contributed by atoms with Crippen LogP contribution in [-0.2, 0) is 6.54 Å². The highest BCUT2D eigenvalue weighted by Gasteiger charge is 2.06. The molecule has 20 heavy (non-hydrogen) atoms. The van der Waals surface area contributed by atoms with Crippen LogP contribution in [0.25, 0.3) is 0 Å². The average Bonchev–Trinajstić information content (AvgIpc) is 2.48. The van der Waals surface area contributed by atoms with Gasteiger partial charge in [-0.1, -0.05) is 6.07 Å². The predicted molar refractivity (Wildman–Crippen MR) is 81.0 cm³/mol. The van der Waals surface area contributed by atoms with E-state index in [1.54, 1.807) is 26.4 Å². The summed E-state index contributed by atoms with van der Waals surface area (Å²) in [7, 11) is 3.23. The van der Waals surface area contributed by atoms with Gasteiger partial charge in [-0.3, -0.25) is 0 Å². The summed E-state index contributed by atoms with van der Waals surface area (Å²) in [5.74, 6) is 1.20. The zero-order valence-corrected chi connectivity index (χ0v) is 12.8. The maximum atomic E-state index is 13.2. The van der Waals surface area contributed by atoms with Crippen molar-refractivity contribution >= 4 is 21.6 Å². The van der Waals surface area contributed by atoms with Gasteiger partial charge in [0, 0.05) is 12.6 Å². The first-order valence-corrected chi connectivity index (χ1v) is 6.83. The number of nitrogens with one attached hydrogen (secondary N) is 1. The van der Waals surface area contributed by atoms with Crippen LogP contribution in [0.5, 0.6) is 11.5 Å². The van der Waals surface area contributed by atoms with E-state index in [0.717, 1.165) is 22.7 Å². The molecule has 106 valence electrons. The van der Waals surface area contributed by atoms with Crippen LogP contribution in [0.15, 0.2) is 40.9 Å². The Morgan fingerprint density at radius 3 is 2.55 bits per heavy atom. The van der Waals surface area contributed by atoms with Crippen molar-refractivity contribution in [3.8, 4) is 11.5 Å². The first-order valence-electron chi connectivity index (χ1n) is 6.04. The Morgan fingerprint density at radius 1 is 1.10 bits per heavy atom. The van der Waals surface area contributed by atoms with Gasteiger partial charge < -0.3 is 14.8 Å². The van der Waals surface area contributed by atoms with Crippen LogP contribution >= 0.6 is 15.9 Å². The maximum Gasteiger partial charge on any atom is 0.142 e. The second-order valence-electron chi connectivity index (χ2n) is 4.17. The van der Waals surface area contributed by atoms with Gasteiger partial charge in [0.05, 0.1) is 24.4 Å². The quantitative estimate of drug-likeness (QED) is 0.884. The fourth-order valence-electron chi connectivity index (χ4n) is 1.80. The van der Waals surface area contributed by atoms with E-state index in [-0.39, 0.29) is 5.82 Å². The lowest BCUT2D eigenvalue weighted by atomic mass is 10.2. The molecular weight excluding hydrogens is 325 g/mol. The topological polar surface area (TPSA) is 30.5 Å². The summed E-state index contributed by atoms with van der Waals surface area (Å²) in [6.45, 7) is 0.558. The van der Waals surface area contributed by atoms with Crippen LogP contribution in [-0.4, -0.2) is 14.2 Å². The molecular formula is C15H15BrFNO2. The second kappa shape index (κ2) is 6.61. The normalized spacial score (nSPS) is 10.2. The zero-order valence-electron chi connectivity index (χ0n) is 11.2. The van der Waals surface area contributed by atoms with Gasteiger partial charge in [-0.15, -0.1) is 0 Å². The predicted octanol–water partition coefficient (Wildman–Crippen LogP) is 4.22. The van der Waals surface area contributed by atoms with E-state index < -0.39 is 0 Å². The number of benzene rings is 2. The zero-order chi connectivity index (χ0) is 14.5. The Kier molecular flexibility index (Phi) is 4.84. The van der Waals surface area contributed by atoms with E-state index in [1.165, 1.54) is 6.07 Å². The summed E-state index contributed by atoms with van der Waals surface area (Å²) >= 11 is 3.18. The van der Waals surface area contributed by atoms with Crippen molar-refractivity contribution < 1.29 is 13.9 Å². The fourth-order valence-corrected chi connectivity index (χ4v) is 2.23. The summed E-state index contributed by atoms with van der Waals surface area (Å²) in [5.41, 5.74) is 1.79. The van der Waals surface area contributed by atoms with Crippen molar-refractivity contribution in [2.24, 2.45) is 0 Å². The van der Waals surface area contributed by atoms with Gasteiger partial charge in [0.25, 0.3) is 0 Å². The molecule has 0 saturated heterocycles. The molecule has 2 rings (SSSR count). The Morgan fingerprint density at radius 2 is 1.90 bits per heavy atom. The van der Waals surface area contributed by atoms with Crippen molar-refractivity contribution in [1.82, 2.24) is 0 Å². The molecule has 0 fully saturated rings. The van der Waals surface area contributed by atoms with Gasteiger partial charge in [-0.05, 0) is 45.8 Å². The minimum Gasteiger partial charge on any atom is -0.497 e. The fraction of sp³-hybridized carbons (Fsp3) is 0.200. The molecule has 0 amide bonds. The summed E-state index contributed by atoms with van der Waals surface area (Å²) in [4.78, 5) is 0. The maximum absolute atomic E-state index is 13.2. The van der Waals surface area contributed by atoms with Crippen molar-refractivity contribution in [2.45, 2.75) is 6.54 Å². The second-order valence-corrected chi connectivity index (χ2v) is 5.02. The highest BCUT2D eigenvalue weighted by Crippen LogP contribution is 2.29. The van der Waals surface area contributed by atoms with Crippen LogP contribution < -0.4 is 14.8 Å². The van der Waals surface area contributed by atoms with Gasteiger partial charge >= 0.3 is 0 Å². The minimum absolute atomic E-state index is 0.271. The first kappa shape index (κ1) is 14.7. The van der Waals surface area contributed by atoms with Crippen molar-refractivity contribution in [3.63, 3.8) is 0 Å². The molecule has 5 heteroatoms. The van der Waals surface area contributed by atoms with Crippen LogP contribution in [0.1, 0.15) is 5.56 Å². The van der Waals surface area contributed by atoms with Crippen LogP contribution in [0.3, 0.4) is 0 Å². The molecule has 0 heterocycles. The Labute approximate surface area is 125 Å². The van der Waals surface area contributed by atoms with Gasteiger partial charge in [0.1, 0.15) is 17.3 Å². The molecule has 0 bridgehead atoms. The minimum atomic E-state index is -0.271. The molecule has 0 atom stereocenters. The van der Waals surface area contributed by atoms with Gasteiger partial charge in [0.15, 0.2) is 0 Å². The number of anilines is 1. The van der Waals surface area contributed by atoms with E-state index in [2.05, 4.69) is 21.2 Å². The average molecular weight is 340 g/mol. The van der Waals surface area contributed by atoms with Crippen molar-refractivity contribution in [3.05, 3.63) is 52.3 Å². The summed E-state index contributed by atoms with van der Waals surface area (Å²) in [5, 5.41) is 3.25. The summed E-state index contributed by atoms with van der Waals surface area (Å²) in [6.07, 6.45) is 0. The Bertz CT molecular complexity index is 604. The molecule has 3 nitrogen and oxygen atoms in total.